The molecule has 1 atom stereocenters. The van der Waals surface area contributed by atoms with E-state index < -0.39 is 38.3 Å². The van der Waals surface area contributed by atoms with Gasteiger partial charge in [-0.2, -0.15) is 13.2 Å². The predicted octanol–water partition coefficient (Wildman–Crippen LogP) is 5.04. The summed E-state index contributed by atoms with van der Waals surface area (Å²) in [6.07, 6.45) is -3.71. The Bertz CT molecular complexity index is 1310. The second-order valence-electron chi connectivity index (χ2n) is 9.21. The Balaban J connectivity index is 1.53. The molecule has 0 heterocycles. The van der Waals surface area contributed by atoms with Crippen LogP contribution in [-0.2, 0) is 33.1 Å². The summed E-state index contributed by atoms with van der Waals surface area (Å²) < 4.78 is 54.3. The molecule has 210 valence electrons. The third-order valence-corrected chi connectivity index (χ3v) is 6.49. The van der Waals surface area contributed by atoms with E-state index in [1.54, 1.807) is 37.3 Å². The maximum Gasteiger partial charge on any atom is 0.469 e. The predicted molar refractivity (Wildman–Crippen MR) is 141 cm³/mol. The molecule has 3 aromatic carbocycles. The fourth-order valence-corrected chi connectivity index (χ4v) is 4.07. The Kier molecular flexibility index (Phi) is 10.1. The van der Waals surface area contributed by atoms with Crippen molar-refractivity contribution in [3.05, 3.63) is 95.1 Å². The first-order valence-electron chi connectivity index (χ1n) is 11.9. The van der Waals surface area contributed by atoms with E-state index >= 15 is 0 Å². The van der Waals surface area contributed by atoms with Crippen LogP contribution in [0.1, 0.15) is 35.6 Å². The number of nitrogens with zero attached hydrogens (tertiary/aromatic N) is 1. The number of hydrogen-bond donors (Lipinski definition) is 4. The molecular formula is C27H30F3N2O6P. The first-order chi connectivity index (χ1) is 18.3. The molecule has 3 aromatic rings. The van der Waals surface area contributed by atoms with Crippen LogP contribution in [0, 0.1) is 0 Å². The van der Waals surface area contributed by atoms with Crippen LogP contribution in [0.15, 0.2) is 78.0 Å². The number of hydrogen-bond acceptors (Lipinski definition) is 6. The van der Waals surface area contributed by atoms with Crippen LogP contribution in [0.2, 0.25) is 0 Å². The fourth-order valence-electron chi connectivity index (χ4n) is 3.64. The van der Waals surface area contributed by atoms with Gasteiger partial charge in [0.2, 0.25) is 0 Å². The molecule has 12 heteroatoms. The number of oxime groups is 1. The van der Waals surface area contributed by atoms with Crippen LogP contribution in [0.5, 0.6) is 0 Å². The largest absolute Gasteiger partial charge is 0.469 e. The number of aliphatic hydroxyl groups is 1. The van der Waals surface area contributed by atoms with Crippen molar-refractivity contribution in [3.63, 3.8) is 0 Å². The topological polar surface area (TPSA) is 135 Å². The zero-order chi connectivity index (χ0) is 28.7. The van der Waals surface area contributed by atoms with Crippen molar-refractivity contribution in [1.82, 2.24) is 0 Å². The molecule has 39 heavy (non-hydrogen) atoms. The molecule has 0 aliphatic carbocycles. The highest BCUT2D eigenvalue weighted by molar-refractivity contribution is 7.46. The summed E-state index contributed by atoms with van der Waals surface area (Å²) >= 11 is 0. The number of halogens is 3. The van der Waals surface area contributed by atoms with Gasteiger partial charge in [-0.25, -0.2) is 4.57 Å². The molecule has 8 nitrogen and oxygen atoms in total. The third kappa shape index (κ3) is 9.58. The van der Waals surface area contributed by atoms with Gasteiger partial charge in [-0.05, 0) is 59.7 Å². The van der Waals surface area contributed by atoms with Gasteiger partial charge in [-0.15, -0.1) is 0 Å². The van der Waals surface area contributed by atoms with Gasteiger partial charge in [0.05, 0.1) is 30.0 Å². The van der Waals surface area contributed by atoms with E-state index in [9.17, 15) is 22.8 Å². The number of aryl methyl sites for hydroxylation is 1. The maximum atomic E-state index is 13.0. The minimum Gasteiger partial charge on any atom is -0.394 e. The lowest BCUT2D eigenvalue weighted by Gasteiger charge is -2.27. The lowest BCUT2D eigenvalue weighted by atomic mass is 9.93. The first-order valence-corrected chi connectivity index (χ1v) is 13.4. The van der Waals surface area contributed by atoms with Gasteiger partial charge in [-0.3, -0.25) is 4.52 Å². The van der Waals surface area contributed by atoms with E-state index in [0.29, 0.717) is 23.3 Å². The van der Waals surface area contributed by atoms with Crippen LogP contribution >= 0.6 is 7.82 Å². The average Bonchev–Trinajstić information content (AvgIpc) is 2.90. The van der Waals surface area contributed by atoms with Gasteiger partial charge in [0, 0.05) is 0 Å². The van der Waals surface area contributed by atoms with Gasteiger partial charge >= 0.3 is 14.0 Å². The number of alkyl halides is 3. The number of aliphatic hydroxyl groups excluding tert-OH is 1. The minimum atomic E-state index is -4.69. The van der Waals surface area contributed by atoms with Crippen molar-refractivity contribution in [1.29, 1.82) is 0 Å². The van der Waals surface area contributed by atoms with Gasteiger partial charge in [-0.1, -0.05) is 65.8 Å². The van der Waals surface area contributed by atoms with Crippen LogP contribution in [-0.4, -0.2) is 39.4 Å². The maximum absolute atomic E-state index is 13.0. The Morgan fingerprint density at radius 1 is 0.974 bits per heavy atom. The monoisotopic (exact) mass is 566 g/mol. The second kappa shape index (κ2) is 12.9. The van der Waals surface area contributed by atoms with Crippen LogP contribution in [0.3, 0.4) is 0 Å². The summed E-state index contributed by atoms with van der Waals surface area (Å²) in [6.45, 7) is 0.974. The highest BCUT2D eigenvalue weighted by Gasteiger charge is 2.30. The van der Waals surface area contributed by atoms with E-state index in [2.05, 4.69) is 9.68 Å². The first kappa shape index (κ1) is 30.5. The minimum absolute atomic E-state index is 0.175. The number of rotatable bonds is 12. The summed E-state index contributed by atoms with van der Waals surface area (Å²) in [5.74, 6) is 0. The normalized spacial score (nSPS) is 14.2. The lowest BCUT2D eigenvalue weighted by Crippen LogP contribution is -2.48. The SMILES string of the molecule is CC(=NOCc1ccc(-c2cccc(C(F)(F)F)c2)cc1)c1ccc(CCC(N)(CO)COP(=O)(O)O)cc1. The quantitative estimate of drug-likeness (QED) is 0.137. The van der Waals surface area contributed by atoms with Crippen molar-refractivity contribution < 1.29 is 42.0 Å². The molecule has 0 spiro atoms. The molecule has 5 N–H and O–H groups in total. The highest BCUT2D eigenvalue weighted by Crippen LogP contribution is 2.37. The van der Waals surface area contributed by atoms with Gasteiger partial charge in [0.25, 0.3) is 0 Å². The fraction of sp³-hybridized carbons (Fsp3) is 0.296. The van der Waals surface area contributed by atoms with E-state index in [-0.39, 0.29) is 13.0 Å². The van der Waals surface area contributed by atoms with Gasteiger partial charge < -0.3 is 25.5 Å². The third-order valence-electron chi connectivity index (χ3n) is 6.03. The summed E-state index contributed by atoms with van der Waals surface area (Å²) in [4.78, 5) is 23.2. The van der Waals surface area contributed by atoms with Gasteiger partial charge in [0.15, 0.2) is 0 Å². The smallest absolute Gasteiger partial charge is 0.394 e. The van der Waals surface area contributed by atoms with Crippen molar-refractivity contribution >= 4 is 13.5 Å². The molecule has 0 aromatic heterocycles. The van der Waals surface area contributed by atoms with Crippen molar-refractivity contribution in [3.8, 4) is 11.1 Å². The molecule has 0 saturated heterocycles. The second-order valence-corrected chi connectivity index (χ2v) is 10.4. The molecular weight excluding hydrogens is 536 g/mol. The molecule has 0 aliphatic rings. The average molecular weight is 567 g/mol. The number of benzene rings is 3. The molecule has 0 radical (unpaired) electrons. The van der Waals surface area contributed by atoms with E-state index in [1.165, 1.54) is 6.07 Å². The number of nitrogens with two attached hydrogens (primary N) is 1. The van der Waals surface area contributed by atoms with Crippen LogP contribution in [0.25, 0.3) is 11.1 Å². The lowest BCUT2D eigenvalue weighted by molar-refractivity contribution is -0.137. The molecule has 3 rings (SSSR count). The number of phosphoric acid groups is 1. The molecule has 0 fully saturated rings. The summed E-state index contributed by atoms with van der Waals surface area (Å²) in [5, 5.41) is 13.7. The Morgan fingerprint density at radius 3 is 2.21 bits per heavy atom. The van der Waals surface area contributed by atoms with E-state index in [4.69, 9.17) is 20.4 Å². The summed E-state index contributed by atoms with van der Waals surface area (Å²) in [6, 6.07) is 19.5. The molecule has 0 amide bonds. The van der Waals surface area contributed by atoms with E-state index in [1.807, 2.05) is 24.3 Å². The standard InChI is InChI=1S/C27H30F3N2O6P/c1-19(22-9-5-20(6-10-22)13-14-26(31,17-33)18-38-39(34,35)36)32-37-16-21-7-11-23(12-8-21)24-3-2-4-25(15-24)27(28,29)30/h2-12,15,33H,13-14,16-18,31H2,1H3,(H2,34,35,36). The molecule has 0 aliphatic heterocycles. The van der Waals surface area contributed by atoms with Crippen molar-refractivity contribution in [2.75, 3.05) is 13.2 Å². The van der Waals surface area contributed by atoms with E-state index in [0.717, 1.165) is 28.8 Å². The Morgan fingerprint density at radius 2 is 1.62 bits per heavy atom. The molecule has 0 saturated carbocycles. The zero-order valence-corrected chi connectivity index (χ0v) is 22.0. The van der Waals surface area contributed by atoms with Crippen molar-refractivity contribution in [2.24, 2.45) is 10.9 Å². The summed E-state index contributed by atoms with van der Waals surface area (Å²) in [5.41, 5.74) is 8.26. The van der Waals surface area contributed by atoms with Crippen LogP contribution < -0.4 is 5.73 Å². The highest BCUT2D eigenvalue weighted by atomic mass is 31.2. The zero-order valence-electron chi connectivity index (χ0n) is 21.1. The van der Waals surface area contributed by atoms with Crippen LogP contribution in [0.4, 0.5) is 13.2 Å². The van der Waals surface area contributed by atoms with Crippen molar-refractivity contribution in [2.45, 2.75) is 38.1 Å². The molecule has 0 bridgehead atoms. The van der Waals surface area contributed by atoms with Gasteiger partial charge in [0.1, 0.15) is 6.61 Å². The Labute approximate surface area is 224 Å². The Hall–Kier alpha value is -3.05. The number of phosphoric ester groups is 1. The molecule has 1 unspecified atom stereocenters. The summed E-state index contributed by atoms with van der Waals surface area (Å²) in [7, 11) is -4.69.